The van der Waals surface area contributed by atoms with Gasteiger partial charge in [-0.05, 0) is 57.7 Å². The molecule has 0 fully saturated rings. The van der Waals surface area contributed by atoms with E-state index >= 15 is 0 Å². The molecule has 3 aliphatic heterocycles. The first-order chi connectivity index (χ1) is 28.1. The topological polar surface area (TPSA) is 195 Å². The largest absolute Gasteiger partial charge is 0.507 e. The Kier molecular flexibility index (Phi) is 12.2. The Labute approximate surface area is 349 Å². The number of hydrogen-bond acceptors (Lipinski definition) is 13. The number of benzene rings is 3. The predicted molar refractivity (Wildman–Crippen MR) is 234 cm³/mol. The number of phenols is 1. The van der Waals surface area contributed by atoms with Crippen LogP contribution in [0.2, 0.25) is 0 Å². The molecule has 14 nitrogen and oxygen atoms in total. The van der Waals surface area contributed by atoms with Crippen molar-refractivity contribution in [3.05, 3.63) is 79.5 Å². The number of anilines is 2. The van der Waals surface area contributed by atoms with Crippen LogP contribution in [0.5, 0.6) is 11.5 Å². The molecule has 322 valence electrons. The number of aromatic hydroxyl groups is 1. The summed E-state index contributed by atoms with van der Waals surface area (Å²) in [6.45, 7) is 16.8. The van der Waals surface area contributed by atoms with E-state index in [0.717, 1.165) is 0 Å². The van der Waals surface area contributed by atoms with E-state index in [9.17, 15) is 34.8 Å². The SMILES string of the molecule is C/C1=C/C=C/[C@H](C)[C@H](O)[C@@H](C)[C@@H](O)[C@@H](C)[C@H](C)[C@H](C)[C@@H](C)/C=C/O[C@@]2(C)Oc3c(C)c(O)c4c(=O)c(c5oc6cc(N(C)CN(C)C)cc(=O)c6nc5c4c3=C2O)NC1=O. The van der Waals surface area contributed by atoms with E-state index in [2.05, 4.69) is 19.2 Å². The third-order valence-electron chi connectivity index (χ3n) is 12.8. The van der Waals surface area contributed by atoms with E-state index in [4.69, 9.17) is 18.9 Å². The minimum Gasteiger partial charge on any atom is -0.507 e. The molecule has 0 saturated heterocycles. The van der Waals surface area contributed by atoms with Crippen molar-refractivity contribution in [2.45, 2.75) is 80.3 Å². The Hall–Kier alpha value is -5.44. The summed E-state index contributed by atoms with van der Waals surface area (Å²) in [7, 11) is 5.57. The first-order valence-electron chi connectivity index (χ1n) is 20.4. The number of fused-ring (bicyclic) bond motifs is 14. The zero-order valence-electron chi connectivity index (χ0n) is 36.4. The molecule has 7 rings (SSSR count). The van der Waals surface area contributed by atoms with Gasteiger partial charge in [0, 0.05) is 60.2 Å². The quantitative estimate of drug-likeness (QED) is 0.0940. The van der Waals surface area contributed by atoms with Crippen LogP contribution in [-0.2, 0) is 9.53 Å². The van der Waals surface area contributed by atoms with Crippen LogP contribution >= 0.6 is 0 Å². The maximum atomic E-state index is 14.7. The maximum absolute atomic E-state index is 14.7. The molecule has 5 bridgehead atoms. The van der Waals surface area contributed by atoms with Crippen molar-refractivity contribution in [3.8, 4) is 11.5 Å². The molecule has 0 unspecified atom stereocenters. The lowest BCUT2D eigenvalue weighted by Crippen LogP contribution is -2.40. The standard InChI is InChI=1S/C46H58N4O10/c1-21-16-17-58-46(9)44(56)34-32-33(40(54)28(8)42(34)60-46)41(55)37(43-36(32)47-35-30(51)18-29(19-31(35)59-43)50(12)20-49(10)11)48-45(57)23(3)15-13-14-22(2)38(52)27(7)39(53)26(6)25(5)24(21)4/h13-19,21-22,24-27,38-39,52-54,56H,20H2,1-12H3,(H,48,57)/b14-13+,17-16+,23-15-/t21-,22-,24+,25+,26-,27+,38-,39-,46-/m0/s1. The molecule has 3 aromatic carbocycles. The zero-order chi connectivity index (χ0) is 44.3. The summed E-state index contributed by atoms with van der Waals surface area (Å²) in [5.74, 6) is -4.45. The maximum Gasteiger partial charge on any atom is 0.307 e. The molecule has 5 N–H and O–H groups in total. The van der Waals surface area contributed by atoms with Crippen LogP contribution < -0.4 is 31.0 Å². The Bertz CT molecular complexity index is 2630. The summed E-state index contributed by atoms with van der Waals surface area (Å²) in [5, 5.41) is 48.9. The lowest BCUT2D eigenvalue weighted by atomic mass is 9.72. The fourth-order valence-electron chi connectivity index (χ4n) is 8.36. The van der Waals surface area contributed by atoms with Crippen molar-refractivity contribution in [1.29, 1.82) is 0 Å². The second kappa shape index (κ2) is 16.5. The molecule has 0 spiro atoms. The van der Waals surface area contributed by atoms with Crippen molar-refractivity contribution < 1.29 is 39.1 Å². The fraction of sp³-hybridized carbons (Fsp3) is 0.478. The number of nitrogens with one attached hydrogen (secondary N) is 1. The molecule has 1 aromatic heterocycles. The molecule has 3 aliphatic rings. The molecular weight excluding hydrogens is 769 g/mol. The monoisotopic (exact) mass is 826 g/mol. The molecule has 9 atom stereocenters. The Morgan fingerprint density at radius 3 is 2.20 bits per heavy atom. The smallest absolute Gasteiger partial charge is 0.307 e. The van der Waals surface area contributed by atoms with Crippen LogP contribution in [0.4, 0.5) is 11.4 Å². The third-order valence-corrected chi connectivity index (χ3v) is 12.8. The average molecular weight is 827 g/mol. The molecule has 0 radical (unpaired) electrons. The highest BCUT2D eigenvalue weighted by molar-refractivity contribution is 6.16. The van der Waals surface area contributed by atoms with Crippen LogP contribution in [-0.4, -0.2) is 82.0 Å². The number of carbonyl (C=O) groups is 1. The molecule has 60 heavy (non-hydrogen) atoms. The number of ether oxygens (including phenoxy) is 2. The number of hydrogen-bond donors (Lipinski definition) is 5. The first kappa shape index (κ1) is 44.1. The van der Waals surface area contributed by atoms with Gasteiger partial charge in [-0.25, -0.2) is 4.98 Å². The van der Waals surface area contributed by atoms with Crippen LogP contribution in [0.25, 0.3) is 38.7 Å². The van der Waals surface area contributed by atoms with Crippen molar-refractivity contribution in [2.24, 2.45) is 35.5 Å². The summed E-state index contributed by atoms with van der Waals surface area (Å²) < 4.78 is 18.8. The minimum absolute atomic E-state index is 0.00644. The fourth-order valence-corrected chi connectivity index (χ4v) is 8.36. The number of aromatic nitrogens is 1. The van der Waals surface area contributed by atoms with Crippen molar-refractivity contribution in [1.82, 2.24) is 9.88 Å². The number of rotatable bonds is 3. The van der Waals surface area contributed by atoms with E-state index < -0.39 is 52.2 Å². The number of aliphatic hydroxyl groups is 3. The predicted octanol–water partition coefficient (Wildman–Crippen LogP) is 5.84. The summed E-state index contributed by atoms with van der Waals surface area (Å²) in [6.07, 6.45) is 6.47. The normalized spacial score (nSPS) is 30.0. The number of aliphatic hydroxyl groups excluding tert-OH is 3. The van der Waals surface area contributed by atoms with Gasteiger partial charge in [0.25, 0.3) is 5.91 Å². The van der Waals surface area contributed by atoms with Crippen LogP contribution in [0.1, 0.15) is 61.0 Å². The number of allylic oxidation sites excluding steroid dienone is 3. The van der Waals surface area contributed by atoms with Gasteiger partial charge in [-0.2, -0.15) is 0 Å². The molecule has 4 heterocycles. The number of phenolic OH excluding ortho intramolecular Hbond substituents is 1. The van der Waals surface area contributed by atoms with Crippen molar-refractivity contribution in [2.75, 3.05) is 38.0 Å². The van der Waals surface area contributed by atoms with E-state index in [1.165, 1.54) is 32.3 Å². The van der Waals surface area contributed by atoms with Gasteiger partial charge in [0.1, 0.15) is 22.7 Å². The Morgan fingerprint density at radius 1 is 0.850 bits per heavy atom. The van der Waals surface area contributed by atoms with E-state index in [1.807, 2.05) is 57.7 Å². The molecule has 4 aromatic rings. The molecule has 0 saturated carbocycles. The molecule has 14 heteroatoms. The zero-order valence-corrected chi connectivity index (χ0v) is 36.4. The van der Waals surface area contributed by atoms with E-state index in [1.54, 1.807) is 32.2 Å². The lowest BCUT2D eigenvalue weighted by Gasteiger charge is -2.36. The van der Waals surface area contributed by atoms with Crippen LogP contribution in [0.3, 0.4) is 0 Å². The van der Waals surface area contributed by atoms with Gasteiger partial charge >= 0.3 is 5.79 Å². The third kappa shape index (κ3) is 7.72. The second-order valence-corrected chi connectivity index (χ2v) is 17.4. The number of carbonyl (C=O) groups excluding carboxylic acids is 1. The van der Waals surface area contributed by atoms with Crippen LogP contribution in [0, 0.1) is 42.4 Å². The summed E-state index contributed by atoms with van der Waals surface area (Å²) >= 11 is 0. The van der Waals surface area contributed by atoms with Gasteiger partial charge in [-0.1, -0.05) is 59.8 Å². The highest BCUT2D eigenvalue weighted by Crippen LogP contribution is 2.42. The van der Waals surface area contributed by atoms with E-state index in [0.29, 0.717) is 12.4 Å². The highest BCUT2D eigenvalue weighted by Gasteiger charge is 2.43. The Morgan fingerprint density at radius 2 is 1.53 bits per heavy atom. The van der Waals surface area contributed by atoms with Gasteiger partial charge in [0.2, 0.25) is 10.9 Å². The minimum atomic E-state index is -1.83. The van der Waals surface area contributed by atoms with Crippen molar-refractivity contribution >= 4 is 56.0 Å². The number of amides is 1. The second-order valence-electron chi connectivity index (χ2n) is 17.4. The van der Waals surface area contributed by atoms with Gasteiger partial charge in [0.05, 0.1) is 35.7 Å². The number of nitrogens with zero attached hydrogens (tertiary/aromatic N) is 3. The van der Waals surface area contributed by atoms with Crippen molar-refractivity contribution in [3.63, 3.8) is 0 Å². The van der Waals surface area contributed by atoms with Gasteiger partial charge < -0.3 is 44.5 Å². The van der Waals surface area contributed by atoms with E-state index in [-0.39, 0.29) is 90.4 Å². The Balaban J connectivity index is 1.65. The average Bonchev–Trinajstić information content (AvgIpc) is 3.46. The lowest BCUT2D eigenvalue weighted by molar-refractivity contribution is -0.112. The highest BCUT2D eigenvalue weighted by atomic mass is 16.7. The molecule has 1 amide bonds. The van der Waals surface area contributed by atoms with Gasteiger partial charge in [0.15, 0.2) is 22.4 Å². The summed E-state index contributed by atoms with van der Waals surface area (Å²) in [4.78, 5) is 50.8. The summed E-state index contributed by atoms with van der Waals surface area (Å²) in [6, 6.07) is 3.03. The van der Waals surface area contributed by atoms with Gasteiger partial charge in [-0.3, -0.25) is 19.3 Å². The summed E-state index contributed by atoms with van der Waals surface area (Å²) in [5.41, 5.74) is -1.22. The van der Waals surface area contributed by atoms with Gasteiger partial charge in [-0.15, -0.1) is 0 Å². The molecule has 0 aliphatic carbocycles. The van der Waals surface area contributed by atoms with Crippen LogP contribution in [0.15, 0.2) is 62.3 Å². The molecular formula is C46H58N4O10. The first-order valence-corrected chi connectivity index (χ1v) is 20.4.